The molecule has 4 N–H and O–H groups in total. The average molecular weight is 228 g/mol. The molecule has 0 aliphatic heterocycles. The van der Waals surface area contributed by atoms with Crippen molar-refractivity contribution in [3.05, 3.63) is 0 Å². The average Bonchev–Trinajstić information content (AvgIpc) is 2.63. The maximum Gasteiger partial charge on any atom is 0.222 e. The van der Waals surface area contributed by atoms with Crippen molar-refractivity contribution in [2.24, 2.45) is 5.73 Å². The lowest BCUT2D eigenvalue weighted by Gasteiger charge is -2.24. The van der Waals surface area contributed by atoms with Crippen LogP contribution in [0.4, 0.5) is 0 Å². The third kappa shape index (κ3) is 4.10. The topological polar surface area (TPSA) is 75.3 Å². The fourth-order valence-corrected chi connectivity index (χ4v) is 2.39. The summed E-state index contributed by atoms with van der Waals surface area (Å²) in [6, 6.07) is 0.0857. The smallest absolute Gasteiger partial charge is 0.222 e. The van der Waals surface area contributed by atoms with Crippen molar-refractivity contribution in [3.8, 4) is 0 Å². The molecule has 1 aliphatic carbocycles. The van der Waals surface area contributed by atoms with E-state index in [0.29, 0.717) is 12.8 Å². The van der Waals surface area contributed by atoms with Crippen molar-refractivity contribution in [3.63, 3.8) is 0 Å². The highest BCUT2D eigenvalue weighted by molar-refractivity contribution is 5.77. The fourth-order valence-electron chi connectivity index (χ4n) is 2.39. The molecule has 1 amide bonds. The van der Waals surface area contributed by atoms with Crippen molar-refractivity contribution in [1.29, 1.82) is 0 Å². The maximum absolute atomic E-state index is 11.8. The second-order valence-electron chi connectivity index (χ2n) is 4.93. The van der Waals surface area contributed by atoms with Gasteiger partial charge in [-0.3, -0.25) is 4.79 Å². The van der Waals surface area contributed by atoms with E-state index in [9.17, 15) is 4.79 Å². The number of hydrogen-bond acceptors (Lipinski definition) is 3. The number of rotatable bonds is 6. The van der Waals surface area contributed by atoms with Crippen LogP contribution in [0.2, 0.25) is 0 Å². The lowest BCUT2D eigenvalue weighted by Crippen LogP contribution is -2.44. The first kappa shape index (κ1) is 13.5. The van der Waals surface area contributed by atoms with E-state index in [2.05, 4.69) is 5.32 Å². The van der Waals surface area contributed by atoms with Crippen LogP contribution < -0.4 is 11.1 Å². The van der Waals surface area contributed by atoms with Crippen molar-refractivity contribution in [2.75, 3.05) is 6.61 Å². The lowest BCUT2D eigenvalue weighted by atomic mass is 9.94. The molecule has 1 saturated carbocycles. The molecule has 1 unspecified atom stereocenters. The van der Waals surface area contributed by atoms with Crippen LogP contribution in [0.25, 0.3) is 0 Å². The molecule has 0 aromatic rings. The Bertz CT molecular complexity index is 225. The zero-order chi connectivity index (χ0) is 12.0. The van der Waals surface area contributed by atoms with Gasteiger partial charge in [0.2, 0.25) is 5.91 Å². The molecule has 0 bridgehead atoms. The molecule has 0 aromatic carbocycles. The van der Waals surface area contributed by atoms with Gasteiger partial charge >= 0.3 is 0 Å². The van der Waals surface area contributed by atoms with Gasteiger partial charge in [0.15, 0.2) is 0 Å². The van der Waals surface area contributed by atoms with Crippen LogP contribution >= 0.6 is 0 Å². The Kier molecular flexibility index (Phi) is 5.22. The fraction of sp³-hybridized carbons (Fsp3) is 0.917. The van der Waals surface area contributed by atoms with Crippen LogP contribution in [0.15, 0.2) is 0 Å². The Labute approximate surface area is 97.6 Å². The van der Waals surface area contributed by atoms with Crippen LogP contribution in [-0.4, -0.2) is 29.2 Å². The van der Waals surface area contributed by atoms with Gasteiger partial charge in [-0.25, -0.2) is 0 Å². The summed E-state index contributed by atoms with van der Waals surface area (Å²) < 4.78 is 0. The summed E-state index contributed by atoms with van der Waals surface area (Å²) in [5.74, 6) is 0.0321. The summed E-state index contributed by atoms with van der Waals surface area (Å²) in [6.07, 6.45) is 6.09. The second-order valence-corrected chi connectivity index (χ2v) is 4.93. The van der Waals surface area contributed by atoms with Crippen LogP contribution in [-0.2, 0) is 4.79 Å². The second kappa shape index (κ2) is 6.21. The largest absolute Gasteiger partial charge is 0.396 e. The van der Waals surface area contributed by atoms with Crippen molar-refractivity contribution < 1.29 is 9.90 Å². The maximum atomic E-state index is 11.8. The zero-order valence-electron chi connectivity index (χ0n) is 10.2. The molecule has 94 valence electrons. The molecule has 1 rings (SSSR count). The van der Waals surface area contributed by atoms with Gasteiger partial charge < -0.3 is 16.2 Å². The van der Waals surface area contributed by atoms with Gasteiger partial charge in [0.05, 0.1) is 0 Å². The highest BCUT2D eigenvalue weighted by Crippen LogP contribution is 2.29. The number of aliphatic hydroxyl groups is 1. The molecule has 0 spiro atoms. The normalized spacial score (nSPS) is 20.7. The molecular weight excluding hydrogens is 204 g/mol. The van der Waals surface area contributed by atoms with Gasteiger partial charge in [0, 0.05) is 24.6 Å². The molecule has 4 heteroatoms. The first-order valence-electron chi connectivity index (χ1n) is 6.29. The number of aliphatic hydroxyl groups excluding tert-OH is 1. The number of carbonyl (C=O) groups excluding carboxylic acids is 1. The molecule has 1 atom stereocenters. The summed E-state index contributed by atoms with van der Waals surface area (Å²) in [7, 11) is 0. The summed E-state index contributed by atoms with van der Waals surface area (Å²) >= 11 is 0. The molecule has 0 aromatic heterocycles. The van der Waals surface area contributed by atoms with Crippen molar-refractivity contribution in [2.45, 2.75) is 63.5 Å². The number of nitrogens with two attached hydrogens (primary N) is 1. The predicted octanol–water partition coefficient (Wildman–Crippen LogP) is 0.925. The van der Waals surface area contributed by atoms with E-state index in [-0.39, 0.29) is 24.1 Å². The number of nitrogens with one attached hydrogen (secondary N) is 1. The minimum Gasteiger partial charge on any atom is -0.396 e. The van der Waals surface area contributed by atoms with Gasteiger partial charge in [0.25, 0.3) is 0 Å². The highest BCUT2D eigenvalue weighted by Gasteiger charge is 2.31. The predicted molar refractivity (Wildman–Crippen MR) is 63.9 cm³/mol. The summed E-state index contributed by atoms with van der Waals surface area (Å²) in [4.78, 5) is 11.8. The quantitative estimate of drug-likeness (QED) is 0.633. The Morgan fingerprint density at radius 2 is 2.12 bits per heavy atom. The molecule has 4 nitrogen and oxygen atoms in total. The van der Waals surface area contributed by atoms with E-state index in [1.165, 1.54) is 0 Å². The third-order valence-electron chi connectivity index (χ3n) is 3.45. The zero-order valence-corrected chi connectivity index (χ0v) is 10.2. The minimum atomic E-state index is -0.276. The first-order valence-corrected chi connectivity index (χ1v) is 6.29. The van der Waals surface area contributed by atoms with E-state index >= 15 is 0 Å². The Balaban J connectivity index is 2.34. The van der Waals surface area contributed by atoms with E-state index in [0.717, 1.165) is 32.1 Å². The van der Waals surface area contributed by atoms with Gasteiger partial charge in [-0.05, 0) is 25.7 Å². The van der Waals surface area contributed by atoms with Gasteiger partial charge in [-0.2, -0.15) is 0 Å². The van der Waals surface area contributed by atoms with Gasteiger partial charge in [0.1, 0.15) is 0 Å². The SMILES string of the molecule is CCC(CCO)NC(=O)CC1(N)CCCC1. The van der Waals surface area contributed by atoms with Crippen LogP contribution in [0.3, 0.4) is 0 Å². The Morgan fingerprint density at radius 1 is 1.50 bits per heavy atom. The van der Waals surface area contributed by atoms with Gasteiger partial charge in [-0.1, -0.05) is 19.8 Å². The summed E-state index contributed by atoms with van der Waals surface area (Å²) in [5.41, 5.74) is 5.86. The van der Waals surface area contributed by atoms with E-state index < -0.39 is 0 Å². The van der Waals surface area contributed by atoms with E-state index in [4.69, 9.17) is 10.8 Å². The molecule has 0 radical (unpaired) electrons. The van der Waals surface area contributed by atoms with Crippen LogP contribution in [0.5, 0.6) is 0 Å². The monoisotopic (exact) mass is 228 g/mol. The number of carbonyl (C=O) groups is 1. The Morgan fingerprint density at radius 3 is 2.62 bits per heavy atom. The van der Waals surface area contributed by atoms with Crippen molar-refractivity contribution in [1.82, 2.24) is 5.32 Å². The summed E-state index contributed by atoms with van der Waals surface area (Å²) in [5, 5.41) is 11.8. The van der Waals surface area contributed by atoms with Gasteiger partial charge in [-0.15, -0.1) is 0 Å². The van der Waals surface area contributed by atoms with E-state index in [1.54, 1.807) is 0 Å². The highest BCUT2D eigenvalue weighted by atomic mass is 16.3. The van der Waals surface area contributed by atoms with Crippen molar-refractivity contribution >= 4 is 5.91 Å². The van der Waals surface area contributed by atoms with E-state index in [1.807, 2.05) is 6.92 Å². The molecule has 16 heavy (non-hydrogen) atoms. The first-order chi connectivity index (χ1) is 7.59. The number of amides is 1. The van der Waals surface area contributed by atoms with Crippen LogP contribution in [0.1, 0.15) is 51.9 Å². The molecule has 0 saturated heterocycles. The molecule has 0 heterocycles. The van der Waals surface area contributed by atoms with Crippen LogP contribution in [0, 0.1) is 0 Å². The lowest BCUT2D eigenvalue weighted by molar-refractivity contribution is -0.123. The standard InChI is InChI=1S/C12H24N2O2/c1-2-10(5-8-15)14-11(16)9-12(13)6-3-4-7-12/h10,15H,2-9,13H2,1H3,(H,14,16). The molecular formula is C12H24N2O2. The molecule has 1 aliphatic rings. The Hall–Kier alpha value is -0.610. The third-order valence-corrected chi connectivity index (χ3v) is 3.45. The summed E-state index contributed by atoms with van der Waals surface area (Å²) in [6.45, 7) is 2.13. The minimum absolute atomic E-state index is 0.0321. The number of hydrogen-bond donors (Lipinski definition) is 3. The molecule has 1 fully saturated rings.